The molecule has 1 N–H and O–H groups in total. The second kappa shape index (κ2) is 7.39. The van der Waals surface area contributed by atoms with E-state index in [1.165, 1.54) is 0 Å². The molecule has 8 heteroatoms. The van der Waals surface area contributed by atoms with Gasteiger partial charge in [-0.25, -0.2) is 8.42 Å². The number of hydrogen-bond acceptors (Lipinski definition) is 4. The standard InChI is InChI=1S/C20H21BrN2O3S2/c1-12-3-7-17(16(21)9-12)22-28(25,26)15-6-8-19-18(10-15)23(11-13(2)27-19)20(24)14-4-5-14/h3,6-10,13-14,22H,4-5,11H2,1-2H3. The number of carbonyl (C=O) groups is 1. The number of halogens is 1. The van der Waals surface area contributed by atoms with E-state index in [-0.39, 0.29) is 22.0 Å². The first-order valence-corrected chi connectivity index (χ1v) is 12.3. The van der Waals surface area contributed by atoms with Crippen molar-refractivity contribution in [3.05, 3.63) is 46.4 Å². The molecular weight excluding hydrogens is 460 g/mol. The average molecular weight is 481 g/mol. The number of anilines is 2. The summed E-state index contributed by atoms with van der Waals surface area (Å²) in [6.07, 6.45) is 1.85. The molecule has 0 bridgehead atoms. The molecule has 1 atom stereocenters. The number of hydrogen-bond donors (Lipinski definition) is 1. The molecule has 2 aliphatic rings. The van der Waals surface area contributed by atoms with Gasteiger partial charge in [-0.1, -0.05) is 13.0 Å². The Morgan fingerprint density at radius 3 is 2.64 bits per heavy atom. The van der Waals surface area contributed by atoms with Crippen molar-refractivity contribution >= 4 is 55.0 Å². The maximum Gasteiger partial charge on any atom is 0.262 e. The van der Waals surface area contributed by atoms with E-state index in [0.717, 1.165) is 23.3 Å². The largest absolute Gasteiger partial charge is 0.310 e. The molecule has 28 heavy (non-hydrogen) atoms. The lowest BCUT2D eigenvalue weighted by molar-refractivity contribution is -0.119. The number of carbonyl (C=O) groups excluding carboxylic acids is 1. The number of amides is 1. The van der Waals surface area contributed by atoms with Crippen LogP contribution in [0.4, 0.5) is 11.4 Å². The molecule has 2 aromatic carbocycles. The third-order valence-electron chi connectivity index (χ3n) is 4.86. The van der Waals surface area contributed by atoms with Crippen LogP contribution in [-0.2, 0) is 14.8 Å². The van der Waals surface area contributed by atoms with Crippen LogP contribution in [0.15, 0.2) is 50.7 Å². The van der Waals surface area contributed by atoms with Gasteiger partial charge in [0.25, 0.3) is 10.0 Å². The van der Waals surface area contributed by atoms with Gasteiger partial charge in [-0.05, 0) is 71.6 Å². The molecule has 2 aromatic rings. The van der Waals surface area contributed by atoms with Crippen LogP contribution in [0.3, 0.4) is 0 Å². The third kappa shape index (κ3) is 3.95. The zero-order valence-electron chi connectivity index (χ0n) is 15.6. The highest BCUT2D eigenvalue weighted by Gasteiger charge is 2.37. The van der Waals surface area contributed by atoms with Crippen LogP contribution < -0.4 is 9.62 Å². The van der Waals surface area contributed by atoms with E-state index >= 15 is 0 Å². The van der Waals surface area contributed by atoms with Crippen LogP contribution >= 0.6 is 27.7 Å². The minimum atomic E-state index is -3.78. The molecule has 0 aromatic heterocycles. The number of rotatable bonds is 4. The van der Waals surface area contributed by atoms with E-state index in [2.05, 4.69) is 27.6 Å². The molecule has 1 amide bonds. The fraction of sp³-hybridized carbons (Fsp3) is 0.350. The number of nitrogens with zero attached hydrogens (tertiary/aromatic N) is 1. The van der Waals surface area contributed by atoms with Crippen LogP contribution in [0.25, 0.3) is 0 Å². The van der Waals surface area contributed by atoms with Crippen molar-refractivity contribution in [3.63, 3.8) is 0 Å². The summed E-state index contributed by atoms with van der Waals surface area (Å²) in [5.41, 5.74) is 2.21. The highest BCUT2D eigenvalue weighted by atomic mass is 79.9. The number of benzene rings is 2. The van der Waals surface area contributed by atoms with E-state index in [1.807, 2.05) is 25.1 Å². The first kappa shape index (κ1) is 19.8. The monoisotopic (exact) mass is 480 g/mol. The smallest absolute Gasteiger partial charge is 0.262 e. The van der Waals surface area contributed by atoms with Crippen LogP contribution in [0.2, 0.25) is 0 Å². The van der Waals surface area contributed by atoms with Crippen LogP contribution in [0.1, 0.15) is 25.3 Å². The summed E-state index contributed by atoms with van der Waals surface area (Å²) >= 11 is 5.08. The van der Waals surface area contributed by atoms with Crippen LogP contribution in [0, 0.1) is 12.8 Å². The topological polar surface area (TPSA) is 66.5 Å². The summed E-state index contributed by atoms with van der Waals surface area (Å²) in [4.78, 5) is 15.6. The SMILES string of the molecule is Cc1ccc(NS(=O)(=O)c2ccc3c(c2)N(C(=O)C2CC2)CC(C)S3)c(Br)c1. The molecule has 5 nitrogen and oxygen atoms in total. The maximum atomic E-state index is 13.0. The zero-order valence-corrected chi connectivity index (χ0v) is 18.8. The number of aryl methyl sites for hydroxylation is 1. The van der Waals surface area contributed by atoms with Crippen molar-refractivity contribution in [1.29, 1.82) is 0 Å². The molecule has 1 unspecified atom stereocenters. The summed E-state index contributed by atoms with van der Waals surface area (Å²) < 4.78 is 29.3. The van der Waals surface area contributed by atoms with Gasteiger partial charge in [-0.3, -0.25) is 9.52 Å². The lowest BCUT2D eigenvalue weighted by Crippen LogP contribution is -2.39. The first-order chi connectivity index (χ1) is 13.2. The normalized spacial score (nSPS) is 19.2. The van der Waals surface area contributed by atoms with Crippen molar-refractivity contribution in [2.45, 2.75) is 41.7 Å². The predicted octanol–water partition coefficient (Wildman–Crippen LogP) is 4.80. The Kier molecular flexibility index (Phi) is 5.22. The molecule has 1 fully saturated rings. The van der Waals surface area contributed by atoms with Crippen molar-refractivity contribution < 1.29 is 13.2 Å². The Morgan fingerprint density at radius 2 is 1.96 bits per heavy atom. The van der Waals surface area contributed by atoms with E-state index in [9.17, 15) is 13.2 Å². The molecule has 0 radical (unpaired) electrons. The van der Waals surface area contributed by atoms with E-state index in [0.29, 0.717) is 22.4 Å². The van der Waals surface area contributed by atoms with Gasteiger partial charge >= 0.3 is 0 Å². The van der Waals surface area contributed by atoms with Crippen molar-refractivity contribution in [2.24, 2.45) is 5.92 Å². The molecule has 4 rings (SSSR count). The van der Waals surface area contributed by atoms with Gasteiger partial charge in [0, 0.05) is 27.1 Å². The predicted molar refractivity (Wildman–Crippen MR) is 117 cm³/mol. The fourth-order valence-electron chi connectivity index (χ4n) is 3.25. The fourth-order valence-corrected chi connectivity index (χ4v) is 6.17. The van der Waals surface area contributed by atoms with Gasteiger partial charge in [0.1, 0.15) is 0 Å². The second-order valence-corrected chi connectivity index (χ2v) is 11.4. The minimum Gasteiger partial charge on any atom is -0.310 e. The summed E-state index contributed by atoms with van der Waals surface area (Å²) in [7, 11) is -3.78. The number of fused-ring (bicyclic) bond motifs is 1. The summed E-state index contributed by atoms with van der Waals surface area (Å²) in [5.74, 6) is 0.197. The Labute approximate surface area is 178 Å². The van der Waals surface area contributed by atoms with Gasteiger partial charge in [0.15, 0.2) is 0 Å². The lowest BCUT2D eigenvalue weighted by atomic mass is 10.2. The van der Waals surface area contributed by atoms with Gasteiger partial charge in [-0.15, -0.1) is 11.8 Å². The molecule has 0 saturated heterocycles. The number of sulfonamides is 1. The van der Waals surface area contributed by atoms with Crippen molar-refractivity contribution in [2.75, 3.05) is 16.2 Å². The molecule has 1 heterocycles. The molecule has 1 saturated carbocycles. The molecular formula is C20H21BrN2O3S2. The van der Waals surface area contributed by atoms with Gasteiger partial charge in [0.2, 0.25) is 5.91 Å². The Balaban J connectivity index is 1.68. The Bertz CT molecular complexity index is 1050. The van der Waals surface area contributed by atoms with Gasteiger partial charge in [0.05, 0.1) is 16.3 Å². The van der Waals surface area contributed by atoms with Crippen molar-refractivity contribution in [3.8, 4) is 0 Å². The van der Waals surface area contributed by atoms with Crippen LogP contribution in [0.5, 0.6) is 0 Å². The minimum absolute atomic E-state index is 0.0880. The molecule has 1 aliphatic carbocycles. The molecule has 0 spiro atoms. The molecule has 1 aliphatic heterocycles. The zero-order chi connectivity index (χ0) is 20.1. The third-order valence-corrected chi connectivity index (χ3v) is 8.03. The Hall–Kier alpha value is -1.51. The van der Waals surface area contributed by atoms with Crippen molar-refractivity contribution in [1.82, 2.24) is 0 Å². The highest BCUT2D eigenvalue weighted by molar-refractivity contribution is 9.10. The summed E-state index contributed by atoms with van der Waals surface area (Å²) in [5, 5.41) is 0.277. The molecule has 148 valence electrons. The van der Waals surface area contributed by atoms with E-state index in [1.54, 1.807) is 34.9 Å². The highest BCUT2D eigenvalue weighted by Crippen LogP contribution is 2.42. The quantitative estimate of drug-likeness (QED) is 0.682. The summed E-state index contributed by atoms with van der Waals surface area (Å²) in [6.45, 7) is 4.63. The first-order valence-electron chi connectivity index (χ1n) is 9.15. The number of nitrogens with one attached hydrogen (secondary N) is 1. The van der Waals surface area contributed by atoms with Crippen LogP contribution in [-0.4, -0.2) is 26.1 Å². The second-order valence-electron chi connectivity index (χ2n) is 7.37. The Morgan fingerprint density at radius 1 is 1.21 bits per heavy atom. The lowest BCUT2D eigenvalue weighted by Gasteiger charge is -2.33. The van der Waals surface area contributed by atoms with E-state index < -0.39 is 10.0 Å². The average Bonchev–Trinajstić information content (AvgIpc) is 3.47. The van der Waals surface area contributed by atoms with E-state index in [4.69, 9.17) is 0 Å². The number of thioether (sulfide) groups is 1. The van der Waals surface area contributed by atoms with Gasteiger partial charge in [-0.2, -0.15) is 0 Å². The van der Waals surface area contributed by atoms with Gasteiger partial charge < -0.3 is 4.90 Å². The maximum absolute atomic E-state index is 13.0. The summed E-state index contributed by atoms with van der Waals surface area (Å²) in [6, 6.07) is 10.5.